The maximum absolute atomic E-state index is 12.4. The van der Waals surface area contributed by atoms with Crippen LogP contribution < -0.4 is 10.2 Å². The predicted molar refractivity (Wildman–Crippen MR) is 131 cm³/mol. The molecule has 0 amide bonds. The molecule has 2 aliphatic rings. The molecule has 1 N–H and O–H groups in total. The van der Waals surface area contributed by atoms with Crippen molar-refractivity contribution in [3.63, 3.8) is 0 Å². The number of aromatic nitrogens is 1. The Morgan fingerprint density at radius 2 is 2.06 bits per heavy atom. The van der Waals surface area contributed by atoms with Gasteiger partial charge >= 0.3 is 5.97 Å². The van der Waals surface area contributed by atoms with Crippen LogP contribution in [-0.4, -0.2) is 46.7 Å². The zero-order valence-electron chi connectivity index (χ0n) is 19.3. The largest absolute Gasteiger partial charge is 0.465 e. The van der Waals surface area contributed by atoms with Gasteiger partial charge in [0.1, 0.15) is 6.54 Å². The second-order valence-corrected chi connectivity index (χ2v) is 9.26. The minimum atomic E-state index is -0.293. The van der Waals surface area contributed by atoms with E-state index in [0.717, 1.165) is 11.3 Å². The van der Waals surface area contributed by atoms with Crippen molar-refractivity contribution in [1.82, 2.24) is 15.2 Å². The summed E-state index contributed by atoms with van der Waals surface area (Å²) in [6.07, 6.45) is 4.07. The molecular weight excluding hydrogens is 420 g/mol. The van der Waals surface area contributed by atoms with Crippen LogP contribution in [0.25, 0.3) is 5.57 Å². The minimum Gasteiger partial charge on any atom is -0.465 e. The lowest BCUT2D eigenvalue weighted by atomic mass is 9.86. The number of carbonyl (C=O) groups is 1. The molecule has 0 bridgehead atoms. The van der Waals surface area contributed by atoms with Crippen LogP contribution in [0.2, 0.25) is 0 Å². The van der Waals surface area contributed by atoms with Crippen LogP contribution in [0.4, 0.5) is 5.69 Å². The van der Waals surface area contributed by atoms with Crippen LogP contribution in [0.1, 0.15) is 56.6 Å². The average Bonchev–Trinajstić information content (AvgIpc) is 3.08. The summed E-state index contributed by atoms with van der Waals surface area (Å²) in [5.74, 6) is -0.293. The molecule has 1 aromatic heterocycles. The molecule has 1 saturated heterocycles. The monoisotopic (exact) mass is 450 g/mol. The highest BCUT2D eigenvalue weighted by Gasteiger charge is 2.41. The van der Waals surface area contributed by atoms with E-state index in [1.807, 2.05) is 30.0 Å². The van der Waals surface area contributed by atoms with Gasteiger partial charge in [-0.05, 0) is 75.3 Å². The number of hydrogen-bond acceptors (Lipinski definition) is 5. The quantitative estimate of drug-likeness (QED) is 0.540. The van der Waals surface area contributed by atoms with Crippen LogP contribution in [0.5, 0.6) is 0 Å². The van der Waals surface area contributed by atoms with E-state index < -0.39 is 0 Å². The summed E-state index contributed by atoms with van der Waals surface area (Å²) in [6.45, 7) is 8.82. The van der Waals surface area contributed by atoms with Crippen LogP contribution >= 0.6 is 12.2 Å². The number of anilines is 1. The van der Waals surface area contributed by atoms with Gasteiger partial charge in [-0.3, -0.25) is 9.78 Å². The SMILES string of the molecule is CCOC(=O)CN1C(=S)N[C@@H](c2ccccn2)[C@H]1c1ccc2c(c1)C(C)=CC(C)(C)N2C. The number of esters is 1. The lowest BCUT2D eigenvalue weighted by Crippen LogP contribution is -2.42. The summed E-state index contributed by atoms with van der Waals surface area (Å²) in [5.41, 5.74) is 5.54. The number of rotatable bonds is 5. The third-order valence-electron chi connectivity index (χ3n) is 6.39. The first-order chi connectivity index (χ1) is 15.2. The summed E-state index contributed by atoms with van der Waals surface area (Å²) < 4.78 is 5.22. The van der Waals surface area contributed by atoms with Gasteiger partial charge in [-0.2, -0.15) is 0 Å². The Labute approximate surface area is 195 Å². The van der Waals surface area contributed by atoms with Crippen molar-refractivity contribution in [2.75, 3.05) is 25.1 Å². The number of allylic oxidation sites excluding steroid dienone is 1. The van der Waals surface area contributed by atoms with Crippen molar-refractivity contribution in [3.05, 3.63) is 65.5 Å². The van der Waals surface area contributed by atoms with Crippen molar-refractivity contribution >= 4 is 34.6 Å². The lowest BCUT2D eigenvalue weighted by molar-refractivity contribution is -0.143. The number of ether oxygens (including phenoxy) is 1. The van der Waals surface area contributed by atoms with Gasteiger partial charge in [0.25, 0.3) is 0 Å². The highest BCUT2D eigenvalue weighted by Crippen LogP contribution is 2.43. The second-order valence-electron chi connectivity index (χ2n) is 8.88. The van der Waals surface area contributed by atoms with Gasteiger partial charge in [0.15, 0.2) is 5.11 Å². The maximum Gasteiger partial charge on any atom is 0.325 e. The Bertz CT molecular complexity index is 1070. The first kappa shape index (κ1) is 22.3. The molecule has 2 aliphatic heterocycles. The van der Waals surface area contributed by atoms with E-state index in [0.29, 0.717) is 11.7 Å². The van der Waals surface area contributed by atoms with Crippen LogP contribution in [-0.2, 0) is 9.53 Å². The lowest BCUT2D eigenvalue weighted by Gasteiger charge is -2.41. The summed E-state index contributed by atoms with van der Waals surface area (Å²) >= 11 is 5.65. The number of fused-ring (bicyclic) bond motifs is 1. The van der Waals surface area contributed by atoms with Crippen LogP contribution in [0, 0.1) is 0 Å². The Morgan fingerprint density at radius 1 is 1.28 bits per heavy atom. The van der Waals surface area contributed by atoms with E-state index in [-0.39, 0.29) is 30.1 Å². The summed E-state index contributed by atoms with van der Waals surface area (Å²) in [7, 11) is 2.12. The first-order valence-electron chi connectivity index (χ1n) is 10.9. The third kappa shape index (κ3) is 3.97. The van der Waals surface area contributed by atoms with Crippen molar-refractivity contribution in [2.45, 2.75) is 45.3 Å². The van der Waals surface area contributed by atoms with E-state index in [9.17, 15) is 4.79 Å². The number of nitrogens with zero attached hydrogens (tertiary/aromatic N) is 3. The summed E-state index contributed by atoms with van der Waals surface area (Å²) in [5, 5.41) is 3.92. The van der Waals surface area contributed by atoms with Crippen molar-refractivity contribution < 1.29 is 9.53 Å². The number of nitrogens with one attached hydrogen (secondary N) is 1. The van der Waals surface area contributed by atoms with Gasteiger partial charge < -0.3 is 19.9 Å². The highest BCUT2D eigenvalue weighted by molar-refractivity contribution is 7.80. The molecule has 168 valence electrons. The molecular formula is C25H30N4O2S. The fourth-order valence-corrected chi connectivity index (χ4v) is 4.95. The molecule has 1 aromatic carbocycles. The van der Waals surface area contributed by atoms with E-state index in [1.54, 1.807) is 6.20 Å². The zero-order valence-corrected chi connectivity index (χ0v) is 20.1. The first-order valence-corrected chi connectivity index (χ1v) is 11.3. The Hall–Kier alpha value is -2.93. The standard InChI is InChI=1S/C25H30N4O2S/c1-6-31-21(30)15-29-23(22(27-24(29)32)19-9-7-8-12-26-19)17-10-11-20-18(13-17)16(2)14-25(3,4)28(20)5/h7-14,22-23H,6,15H2,1-5H3,(H,27,32)/t22-,23+/m0/s1. The van der Waals surface area contributed by atoms with Gasteiger partial charge in [-0.25, -0.2) is 0 Å². The summed E-state index contributed by atoms with van der Waals surface area (Å²) in [4.78, 5) is 21.2. The van der Waals surface area contributed by atoms with Crippen molar-refractivity contribution in [2.24, 2.45) is 0 Å². The smallest absolute Gasteiger partial charge is 0.325 e. The fraction of sp³-hybridized carbons (Fsp3) is 0.400. The number of thiocarbonyl (C=S) groups is 1. The van der Waals surface area contributed by atoms with Crippen molar-refractivity contribution in [1.29, 1.82) is 0 Å². The number of hydrogen-bond donors (Lipinski definition) is 1. The van der Waals surface area contributed by atoms with Crippen LogP contribution in [0.3, 0.4) is 0 Å². The Balaban J connectivity index is 1.78. The molecule has 1 fully saturated rings. The number of pyridine rings is 1. The molecule has 32 heavy (non-hydrogen) atoms. The molecule has 3 heterocycles. The molecule has 2 aromatic rings. The van der Waals surface area contributed by atoms with Gasteiger partial charge in [0, 0.05) is 24.5 Å². The molecule has 4 rings (SSSR count). The van der Waals surface area contributed by atoms with Gasteiger partial charge in [0.05, 0.1) is 29.9 Å². The number of benzene rings is 1. The molecule has 6 nitrogen and oxygen atoms in total. The van der Waals surface area contributed by atoms with E-state index in [4.69, 9.17) is 17.0 Å². The topological polar surface area (TPSA) is 57.7 Å². The molecule has 0 saturated carbocycles. The van der Waals surface area contributed by atoms with Gasteiger partial charge in [0.2, 0.25) is 0 Å². The third-order valence-corrected chi connectivity index (χ3v) is 6.74. The Kier molecular flexibility index (Phi) is 5.95. The molecule has 0 radical (unpaired) electrons. The number of carbonyl (C=O) groups excluding carboxylic acids is 1. The average molecular weight is 451 g/mol. The molecule has 2 atom stereocenters. The maximum atomic E-state index is 12.4. The van der Waals surface area contributed by atoms with Crippen molar-refractivity contribution in [3.8, 4) is 0 Å². The normalized spacial score (nSPS) is 21.7. The predicted octanol–water partition coefficient (Wildman–Crippen LogP) is 4.25. The molecule has 0 unspecified atom stereocenters. The minimum absolute atomic E-state index is 0.0540. The van der Waals surface area contributed by atoms with E-state index in [1.165, 1.54) is 16.8 Å². The van der Waals surface area contributed by atoms with Crippen LogP contribution in [0.15, 0.2) is 48.7 Å². The van der Waals surface area contributed by atoms with E-state index >= 15 is 0 Å². The second kappa shape index (κ2) is 8.54. The highest BCUT2D eigenvalue weighted by atomic mass is 32.1. The molecule has 7 heteroatoms. The Morgan fingerprint density at radius 3 is 2.75 bits per heavy atom. The van der Waals surface area contributed by atoms with Gasteiger partial charge in [-0.15, -0.1) is 0 Å². The van der Waals surface area contributed by atoms with Gasteiger partial charge in [-0.1, -0.05) is 18.2 Å². The van der Waals surface area contributed by atoms with E-state index in [2.05, 4.69) is 67.3 Å². The molecule has 0 aliphatic carbocycles. The fourth-order valence-electron chi connectivity index (χ4n) is 4.65. The number of likely N-dealkylation sites (N-methyl/N-ethyl adjacent to an activating group) is 1. The molecule has 0 spiro atoms. The zero-order chi connectivity index (χ0) is 23.0. The summed E-state index contributed by atoms with van der Waals surface area (Å²) in [6, 6.07) is 12.0.